The predicted octanol–water partition coefficient (Wildman–Crippen LogP) is 4.86. The molecule has 5 nitrogen and oxygen atoms in total. The molecule has 0 aliphatic carbocycles. The molecule has 158 valence electrons. The minimum atomic E-state index is -0.932. The second kappa shape index (κ2) is 11.6. The Kier molecular flexibility index (Phi) is 9.15. The summed E-state index contributed by atoms with van der Waals surface area (Å²) in [7, 11) is 0. The minimum Gasteiger partial charge on any atom is -0.478 e. The van der Waals surface area contributed by atoms with Crippen molar-refractivity contribution in [3.05, 3.63) is 88.9 Å². The summed E-state index contributed by atoms with van der Waals surface area (Å²) in [6.45, 7) is 1.84. The number of aromatic carboxylic acids is 1. The predicted molar refractivity (Wildman–Crippen MR) is 124 cm³/mol. The van der Waals surface area contributed by atoms with Crippen molar-refractivity contribution in [3.63, 3.8) is 0 Å². The number of carboxylic acids is 1. The Labute approximate surface area is 187 Å². The first-order chi connectivity index (χ1) is 14.0. The number of carboxylic acid groups (broad SMARTS) is 1. The van der Waals surface area contributed by atoms with Crippen LogP contribution in [0.4, 0.5) is 5.69 Å². The molecule has 3 rings (SSSR count). The highest BCUT2D eigenvalue weighted by Crippen LogP contribution is 2.22. The van der Waals surface area contributed by atoms with Crippen LogP contribution in [0.1, 0.15) is 22.0 Å². The van der Waals surface area contributed by atoms with Crippen LogP contribution in [0.15, 0.2) is 72.8 Å². The van der Waals surface area contributed by atoms with Crippen LogP contribution in [0.3, 0.4) is 0 Å². The SMILES string of the molecule is Cl.O=C(O)c1cccc(-c2ccc(NCCNC[C@@H](O)c3cccc(Cl)c3)cc2)c1. The number of anilines is 1. The molecule has 0 heterocycles. The molecule has 0 bridgehead atoms. The summed E-state index contributed by atoms with van der Waals surface area (Å²) >= 11 is 5.94. The number of hydrogen-bond donors (Lipinski definition) is 4. The average Bonchev–Trinajstić information content (AvgIpc) is 2.74. The van der Waals surface area contributed by atoms with Crippen LogP contribution in [0, 0.1) is 0 Å². The van der Waals surface area contributed by atoms with Gasteiger partial charge in [-0.3, -0.25) is 0 Å². The van der Waals surface area contributed by atoms with Crippen LogP contribution in [0.25, 0.3) is 11.1 Å². The average molecular weight is 447 g/mol. The Morgan fingerprint density at radius 3 is 2.37 bits per heavy atom. The van der Waals surface area contributed by atoms with Crippen LogP contribution < -0.4 is 10.6 Å². The third kappa shape index (κ3) is 6.75. The van der Waals surface area contributed by atoms with Gasteiger partial charge < -0.3 is 20.8 Å². The van der Waals surface area contributed by atoms with Crippen molar-refractivity contribution in [3.8, 4) is 11.1 Å². The summed E-state index contributed by atoms with van der Waals surface area (Å²) in [5, 5.41) is 26.4. The van der Waals surface area contributed by atoms with Gasteiger partial charge in [-0.25, -0.2) is 4.79 Å². The fourth-order valence-electron chi connectivity index (χ4n) is 2.98. The quantitative estimate of drug-likeness (QED) is 0.352. The lowest BCUT2D eigenvalue weighted by molar-refractivity contribution is 0.0697. The summed E-state index contributed by atoms with van der Waals surface area (Å²) in [6.07, 6.45) is -0.602. The highest BCUT2D eigenvalue weighted by molar-refractivity contribution is 6.30. The van der Waals surface area contributed by atoms with E-state index in [0.717, 1.165) is 22.4 Å². The molecule has 0 aromatic heterocycles. The molecule has 0 aliphatic rings. The van der Waals surface area contributed by atoms with Gasteiger partial charge in [0, 0.05) is 30.3 Å². The zero-order chi connectivity index (χ0) is 20.6. The van der Waals surface area contributed by atoms with E-state index in [1.807, 2.05) is 42.5 Å². The second-order valence-electron chi connectivity index (χ2n) is 6.67. The molecule has 0 aliphatic heterocycles. The van der Waals surface area contributed by atoms with Crippen molar-refractivity contribution < 1.29 is 15.0 Å². The van der Waals surface area contributed by atoms with Gasteiger partial charge in [-0.2, -0.15) is 0 Å². The Balaban J connectivity index is 0.00000320. The molecular formula is C23H24Cl2N2O3. The summed E-state index contributed by atoms with van der Waals surface area (Å²) in [6, 6.07) is 21.9. The zero-order valence-corrected chi connectivity index (χ0v) is 17.8. The van der Waals surface area contributed by atoms with Crippen LogP contribution in [0.2, 0.25) is 5.02 Å². The van der Waals surface area contributed by atoms with Crippen molar-refractivity contribution in [2.75, 3.05) is 25.0 Å². The fourth-order valence-corrected chi connectivity index (χ4v) is 3.18. The molecule has 0 saturated heterocycles. The topological polar surface area (TPSA) is 81.6 Å². The number of hydrogen-bond acceptors (Lipinski definition) is 4. The number of halogens is 2. The Morgan fingerprint density at radius 1 is 0.933 bits per heavy atom. The van der Waals surface area contributed by atoms with E-state index in [1.54, 1.807) is 30.3 Å². The fraction of sp³-hybridized carbons (Fsp3) is 0.174. The lowest BCUT2D eigenvalue weighted by Crippen LogP contribution is -2.26. The molecule has 3 aromatic carbocycles. The molecular weight excluding hydrogens is 423 g/mol. The van der Waals surface area contributed by atoms with E-state index in [4.69, 9.17) is 16.7 Å². The summed E-state index contributed by atoms with van der Waals surface area (Å²) in [5.41, 5.74) is 3.87. The molecule has 30 heavy (non-hydrogen) atoms. The first-order valence-corrected chi connectivity index (χ1v) is 9.72. The molecule has 4 N–H and O–H groups in total. The van der Waals surface area contributed by atoms with Gasteiger partial charge in [-0.15, -0.1) is 12.4 Å². The van der Waals surface area contributed by atoms with Crippen molar-refractivity contribution >= 4 is 35.7 Å². The number of aliphatic hydroxyl groups excluding tert-OH is 1. The van der Waals surface area contributed by atoms with E-state index < -0.39 is 12.1 Å². The van der Waals surface area contributed by atoms with E-state index in [-0.39, 0.29) is 18.0 Å². The van der Waals surface area contributed by atoms with Crippen molar-refractivity contribution in [2.24, 2.45) is 0 Å². The van der Waals surface area contributed by atoms with Gasteiger partial charge >= 0.3 is 5.97 Å². The molecule has 0 saturated carbocycles. The number of rotatable bonds is 9. The molecule has 0 fully saturated rings. The molecule has 0 amide bonds. The molecule has 3 aromatic rings. The highest BCUT2D eigenvalue weighted by atomic mass is 35.5. The maximum atomic E-state index is 11.1. The Morgan fingerprint density at radius 2 is 1.67 bits per heavy atom. The zero-order valence-electron chi connectivity index (χ0n) is 16.2. The second-order valence-corrected chi connectivity index (χ2v) is 7.10. The molecule has 1 atom stereocenters. The van der Waals surface area contributed by atoms with Gasteiger partial charge in [0.2, 0.25) is 0 Å². The number of carbonyl (C=O) groups is 1. The minimum absolute atomic E-state index is 0. The van der Waals surface area contributed by atoms with Gasteiger partial charge in [-0.1, -0.05) is 48.0 Å². The third-order valence-corrected chi connectivity index (χ3v) is 4.76. The van der Waals surface area contributed by atoms with Gasteiger partial charge in [-0.05, 0) is 53.1 Å². The van der Waals surface area contributed by atoms with Gasteiger partial charge in [0.15, 0.2) is 0 Å². The third-order valence-electron chi connectivity index (χ3n) is 4.53. The van der Waals surface area contributed by atoms with Crippen LogP contribution in [0.5, 0.6) is 0 Å². The molecule has 0 radical (unpaired) electrons. The largest absolute Gasteiger partial charge is 0.478 e. The molecule has 0 spiro atoms. The van der Waals surface area contributed by atoms with Crippen molar-refractivity contribution in [1.82, 2.24) is 5.32 Å². The van der Waals surface area contributed by atoms with Crippen molar-refractivity contribution in [2.45, 2.75) is 6.10 Å². The van der Waals surface area contributed by atoms with E-state index in [2.05, 4.69) is 10.6 Å². The smallest absolute Gasteiger partial charge is 0.335 e. The van der Waals surface area contributed by atoms with Gasteiger partial charge in [0.05, 0.1) is 11.7 Å². The van der Waals surface area contributed by atoms with Crippen LogP contribution >= 0.6 is 24.0 Å². The van der Waals surface area contributed by atoms with Gasteiger partial charge in [0.1, 0.15) is 0 Å². The van der Waals surface area contributed by atoms with Crippen LogP contribution in [-0.2, 0) is 0 Å². The van der Waals surface area contributed by atoms with E-state index >= 15 is 0 Å². The maximum Gasteiger partial charge on any atom is 0.335 e. The Bertz CT molecular complexity index is 965. The molecule has 0 unspecified atom stereocenters. The summed E-state index contributed by atoms with van der Waals surface area (Å²) in [5.74, 6) is -0.932. The first kappa shape index (κ1) is 23.7. The highest BCUT2D eigenvalue weighted by Gasteiger charge is 2.07. The first-order valence-electron chi connectivity index (χ1n) is 9.35. The Hall–Kier alpha value is -2.57. The van der Waals surface area contributed by atoms with Crippen LogP contribution in [-0.4, -0.2) is 35.8 Å². The van der Waals surface area contributed by atoms with E-state index in [9.17, 15) is 9.90 Å². The standard InChI is InChI=1S/C23H23ClN2O3.ClH/c24-20-6-2-4-18(14-20)22(27)15-25-11-12-26-21-9-7-16(8-10-21)17-3-1-5-19(13-17)23(28)29;/h1-10,13-14,22,25-27H,11-12,15H2,(H,28,29);1H/t22-;/m1./s1. The van der Waals surface area contributed by atoms with E-state index in [1.165, 1.54) is 0 Å². The molecule has 7 heteroatoms. The summed E-state index contributed by atoms with van der Waals surface area (Å²) in [4.78, 5) is 11.1. The number of benzene rings is 3. The normalized spacial score (nSPS) is 11.4. The monoisotopic (exact) mass is 446 g/mol. The van der Waals surface area contributed by atoms with Gasteiger partial charge in [0.25, 0.3) is 0 Å². The van der Waals surface area contributed by atoms with Crippen molar-refractivity contribution in [1.29, 1.82) is 0 Å². The number of nitrogens with one attached hydrogen (secondary N) is 2. The summed E-state index contributed by atoms with van der Waals surface area (Å²) < 4.78 is 0. The van der Waals surface area contributed by atoms with E-state index in [0.29, 0.717) is 24.7 Å². The lowest BCUT2D eigenvalue weighted by Gasteiger charge is -2.13. The number of aliphatic hydroxyl groups is 1. The maximum absolute atomic E-state index is 11.1. The lowest BCUT2D eigenvalue weighted by atomic mass is 10.0.